The number of carbonyl (C=O) groups excluding carboxylic acids is 4. The molecule has 3 aromatic carbocycles. The summed E-state index contributed by atoms with van der Waals surface area (Å²) in [6.07, 6.45) is -0.178. The summed E-state index contributed by atoms with van der Waals surface area (Å²) in [6.45, 7) is 3.31. The Kier molecular flexibility index (Phi) is 13.0. The second-order valence-corrected chi connectivity index (χ2v) is 18.6. The largest absolute Gasteiger partial charge is 0.456 e. The van der Waals surface area contributed by atoms with Gasteiger partial charge in [0.15, 0.2) is 0 Å². The molecule has 4 fully saturated rings. The highest BCUT2D eigenvalue weighted by molar-refractivity contribution is 6.09. The molecule has 4 amide bonds. The maximum atomic E-state index is 15.2. The molecule has 0 saturated carbocycles. The molecular formula is C50H54F2N8O10. The number of rotatable bonds is 10. The lowest BCUT2D eigenvalue weighted by Gasteiger charge is -2.34. The zero-order valence-electron chi connectivity index (χ0n) is 38.9. The Hall–Kier alpha value is -6.93. The number of aromatic nitrogens is 4. The number of hydrogen-bond acceptors (Lipinski definition) is 12. The van der Waals surface area contributed by atoms with E-state index < -0.39 is 60.5 Å². The number of hydrogen-bond donors (Lipinski definition) is 4. The van der Waals surface area contributed by atoms with Gasteiger partial charge in [-0.25, -0.2) is 28.3 Å². The van der Waals surface area contributed by atoms with Crippen LogP contribution in [0.25, 0.3) is 55.2 Å². The molecule has 4 aliphatic heterocycles. The van der Waals surface area contributed by atoms with E-state index in [1.54, 1.807) is 30.5 Å². The van der Waals surface area contributed by atoms with E-state index in [0.717, 1.165) is 10.9 Å². The number of halogens is 2. The fourth-order valence-electron chi connectivity index (χ4n) is 10.7. The third-order valence-corrected chi connectivity index (χ3v) is 14.4. The number of alkyl halides is 2. The lowest BCUT2D eigenvalue weighted by Crippen LogP contribution is -2.53. The number of H-pyrrole nitrogens is 2. The number of nitrogens with one attached hydrogen (secondary N) is 4. The molecular weight excluding hydrogens is 911 g/mol. The van der Waals surface area contributed by atoms with Crippen molar-refractivity contribution in [2.75, 3.05) is 53.7 Å². The molecule has 18 nitrogen and oxygen atoms in total. The number of benzene rings is 3. The van der Waals surface area contributed by atoms with Gasteiger partial charge >= 0.3 is 12.2 Å². The maximum Gasteiger partial charge on any atom is 0.407 e. The highest BCUT2D eigenvalue weighted by Crippen LogP contribution is 2.39. The molecule has 4 saturated heterocycles. The molecule has 20 heteroatoms. The monoisotopic (exact) mass is 964 g/mol. The number of ether oxygens (including phenoxy) is 4. The van der Waals surface area contributed by atoms with Gasteiger partial charge in [0, 0.05) is 56.1 Å². The number of amides is 4. The van der Waals surface area contributed by atoms with Crippen molar-refractivity contribution in [2.45, 2.75) is 82.0 Å². The van der Waals surface area contributed by atoms with E-state index in [1.165, 1.54) is 24.0 Å². The summed E-state index contributed by atoms with van der Waals surface area (Å²) in [5.74, 6) is -0.432. The fraction of sp³-hybridized carbons (Fsp3) is 0.460. The Bertz CT molecular complexity index is 3040. The minimum Gasteiger partial charge on any atom is -0.456 e. The fourth-order valence-corrected chi connectivity index (χ4v) is 10.7. The zero-order valence-corrected chi connectivity index (χ0v) is 38.9. The normalized spacial score (nSPS) is 22.1. The van der Waals surface area contributed by atoms with E-state index in [-0.39, 0.29) is 43.2 Å². The molecule has 10 rings (SSSR count). The maximum absolute atomic E-state index is 15.2. The van der Waals surface area contributed by atoms with Crippen molar-refractivity contribution in [3.8, 4) is 22.5 Å². The van der Waals surface area contributed by atoms with Gasteiger partial charge in [0.2, 0.25) is 17.2 Å². The van der Waals surface area contributed by atoms with Gasteiger partial charge < -0.3 is 53.8 Å². The van der Waals surface area contributed by atoms with Crippen LogP contribution in [0.15, 0.2) is 63.9 Å². The van der Waals surface area contributed by atoms with Crippen LogP contribution in [-0.4, -0.2) is 132 Å². The molecule has 7 heterocycles. The highest BCUT2D eigenvalue weighted by atomic mass is 19.1. The Morgan fingerprint density at radius 1 is 0.729 bits per heavy atom. The van der Waals surface area contributed by atoms with Gasteiger partial charge in [0.25, 0.3) is 0 Å². The van der Waals surface area contributed by atoms with Gasteiger partial charge in [-0.15, -0.1) is 0 Å². The molecule has 0 bridgehead atoms. The number of methoxy groups -OCH3 is 2. The quantitative estimate of drug-likeness (QED) is 0.0831. The minimum absolute atomic E-state index is 0.0205. The average molecular weight is 965 g/mol. The first-order chi connectivity index (χ1) is 33.9. The summed E-state index contributed by atoms with van der Waals surface area (Å²) < 4.78 is 57.4. The molecule has 6 atom stereocenters. The number of nitrogens with zero attached hydrogens (tertiary/aromatic N) is 4. The SMILES string of the molecule is COC(=O)N[C@H](C(=O)N1C[C@H](F)C[C@H]1c1ncc(-c2ccc3c(ccc4oc5cc(-c6nc([C@@H]7C[C@@H](F)CN7C(=O)[C@@H](NC(=O)OC)C7CCOCC7)[nH]c6C)ccc5c(=O)c43)c2)[nH]1)C1CCOCC1. The van der Waals surface area contributed by atoms with Gasteiger partial charge in [-0.2, -0.15) is 0 Å². The van der Waals surface area contributed by atoms with Crippen LogP contribution in [-0.2, 0) is 28.5 Å². The van der Waals surface area contributed by atoms with E-state index in [0.29, 0.717) is 114 Å². The Morgan fingerprint density at radius 2 is 1.30 bits per heavy atom. The number of imidazole rings is 2. The first kappa shape index (κ1) is 46.8. The second-order valence-electron chi connectivity index (χ2n) is 18.6. The number of aryl methyl sites for hydroxylation is 1. The summed E-state index contributed by atoms with van der Waals surface area (Å²) in [7, 11) is 2.46. The van der Waals surface area contributed by atoms with E-state index in [4.69, 9.17) is 28.3 Å². The van der Waals surface area contributed by atoms with Gasteiger partial charge in [0.1, 0.15) is 47.2 Å². The predicted molar refractivity (Wildman–Crippen MR) is 251 cm³/mol. The molecule has 4 aliphatic rings. The average Bonchev–Trinajstić information content (AvgIpc) is 4.20. The minimum atomic E-state index is -1.31. The molecule has 0 aliphatic carbocycles. The van der Waals surface area contributed by atoms with E-state index in [9.17, 15) is 24.0 Å². The number of likely N-dealkylation sites (tertiary alicyclic amines) is 2. The lowest BCUT2D eigenvalue weighted by atomic mass is 9.90. The van der Waals surface area contributed by atoms with Crippen LogP contribution < -0.4 is 16.1 Å². The Balaban J connectivity index is 0.899. The topological polar surface area (TPSA) is 223 Å². The number of carbonyl (C=O) groups is 4. The number of aromatic amines is 2. The van der Waals surface area contributed by atoms with Crippen LogP contribution in [0.3, 0.4) is 0 Å². The second kappa shape index (κ2) is 19.5. The van der Waals surface area contributed by atoms with Gasteiger partial charge in [-0.05, 0) is 79.5 Å². The van der Waals surface area contributed by atoms with Crippen molar-refractivity contribution < 1.29 is 51.3 Å². The third-order valence-electron chi connectivity index (χ3n) is 14.4. The van der Waals surface area contributed by atoms with Crippen molar-refractivity contribution in [3.63, 3.8) is 0 Å². The first-order valence-corrected chi connectivity index (χ1v) is 23.7. The summed E-state index contributed by atoms with van der Waals surface area (Å²) in [6, 6.07) is 11.2. The smallest absolute Gasteiger partial charge is 0.407 e. The molecule has 4 N–H and O–H groups in total. The number of alkyl carbamates (subject to hydrolysis) is 2. The molecule has 0 spiro atoms. The van der Waals surface area contributed by atoms with Crippen molar-refractivity contribution in [3.05, 3.63) is 82.3 Å². The van der Waals surface area contributed by atoms with Gasteiger partial charge in [-0.1, -0.05) is 24.3 Å². The van der Waals surface area contributed by atoms with Crippen LogP contribution in [0.5, 0.6) is 0 Å². The zero-order chi connectivity index (χ0) is 48.8. The first-order valence-electron chi connectivity index (χ1n) is 23.7. The van der Waals surface area contributed by atoms with Crippen LogP contribution in [0.2, 0.25) is 0 Å². The van der Waals surface area contributed by atoms with Crippen molar-refractivity contribution in [1.29, 1.82) is 0 Å². The highest BCUT2D eigenvalue weighted by Gasteiger charge is 2.45. The van der Waals surface area contributed by atoms with Crippen LogP contribution in [0.1, 0.15) is 68.0 Å². The van der Waals surface area contributed by atoms with E-state index in [1.807, 2.05) is 31.2 Å². The summed E-state index contributed by atoms with van der Waals surface area (Å²) >= 11 is 0. The summed E-state index contributed by atoms with van der Waals surface area (Å²) in [5, 5.41) is 7.56. The van der Waals surface area contributed by atoms with E-state index >= 15 is 8.78 Å². The van der Waals surface area contributed by atoms with Crippen LogP contribution >= 0.6 is 0 Å². The molecule has 6 aromatic rings. The Labute approximate surface area is 399 Å². The van der Waals surface area contributed by atoms with Crippen molar-refractivity contribution in [1.82, 2.24) is 40.4 Å². The molecule has 368 valence electrons. The molecule has 0 radical (unpaired) electrons. The van der Waals surface area contributed by atoms with Gasteiger partial charge in [-0.3, -0.25) is 14.4 Å². The molecule has 70 heavy (non-hydrogen) atoms. The molecule has 3 aromatic heterocycles. The summed E-state index contributed by atoms with van der Waals surface area (Å²) in [4.78, 5) is 86.2. The lowest BCUT2D eigenvalue weighted by molar-refractivity contribution is -0.137. The van der Waals surface area contributed by atoms with Crippen molar-refractivity contribution >= 4 is 56.7 Å². The number of fused-ring (bicyclic) bond motifs is 4. The summed E-state index contributed by atoms with van der Waals surface area (Å²) in [5.41, 5.74) is 3.71. The van der Waals surface area contributed by atoms with Crippen LogP contribution in [0.4, 0.5) is 18.4 Å². The Morgan fingerprint density at radius 3 is 1.90 bits per heavy atom. The van der Waals surface area contributed by atoms with E-state index in [2.05, 4.69) is 25.6 Å². The third kappa shape index (κ3) is 8.93. The standard InChI is InChI=1S/C50H54F2N8O10/c1-25-41(56-46(54-25)37-21-32(52)24-60(37)48(63)43(58-50(65)67-3)27-12-16-69-17-13-27)30-5-8-34-39(19-30)70-38-9-6-28-18-29(4-7-33(28)40(38)44(34)61)35-22-53-45(55-35)36-20-31(51)23-59(36)47(62)42(57-49(64)66-2)26-10-14-68-15-11-26/h4-9,18-19,22,26-27,31-32,36-37,42-43H,10-17,20-21,23-24H2,1-3H3,(H,53,55)(H,54,56)(H,57,64)(H,58,65)/t31-,32-,36+,37+,42+,43+/m1/s1. The predicted octanol–water partition coefficient (Wildman–Crippen LogP) is 6.71. The van der Waals surface area contributed by atoms with Crippen LogP contribution in [0, 0.1) is 18.8 Å². The molecule has 0 unspecified atom stereocenters. The van der Waals surface area contributed by atoms with Gasteiger partial charge in [0.05, 0.1) is 67.7 Å². The van der Waals surface area contributed by atoms with Crippen molar-refractivity contribution in [2.24, 2.45) is 11.8 Å².